The lowest BCUT2D eigenvalue weighted by molar-refractivity contribution is -0.137. The van der Waals surface area contributed by atoms with E-state index in [2.05, 4.69) is 14.8 Å². The molecular weight excluding hydrogens is 638 g/mol. The molecule has 0 unspecified atom stereocenters. The fraction of sp³-hybridized carbons (Fsp3) is 0.0741. The van der Waals surface area contributed by atoms with Crippen LogP contribution in [0.15, 0.2) is 94.7 Å². The van der Waals surface area contributed by atoms with Gasteiger partial charge in [0, 0.05) is 22.6 Å². The minimum atomic E-state index is -4.79. The van der Waals surface area contributed by atoms with Crippen LogP contribution in [0.1, 0.15) is 21.5 Å². The van der Waals surface area contributed by atoms with Crippen LogP contribution in [0.4, 0.5) is 30.2 Å². The Morgan fingerprint density at radius 3 is 1.86 bits per heavy atom. The molecule has 42 heavy (non-hydrogen) atoms. The maximum atomic E-state index is 13.1. The lowest BCUT2D eigenvalue weighted by Crippen LogP contribution is -2.17. The largest absolute Gasteiger partial charge is 0.417 e. The Kier molecular flexibility index (Phi) is 8.78. The monoisotopic (exact) mass is 657 g/mol. The van der Waals surface area contributed by atoms with E-state index in [-0.39, 0.29) is 31.8 Å². The average Bonchev–Trinajstić information content (AvgIpc) is 2.90. The number of carbonyl (C=O) groups excluding carboxylic acids is 1. The van der Waals surface area contributed by atoms with Gasteiger partial charge in [-0.2, -0.15) is 13.2 Å². The molecule has 0 atom stereocenters. The van der Waals surface area contributed by atoms with Crippen molar-refractivity contribution in [1.29, 1.82) is 0 Å². The van der Waals surface area contributed by atoms with E-state index in [0.717, 1.165) is 35.9 Å². The second-order valence-corrected chi connectivity index (χ2v) is 13.0. The first-order chi connectivity index (χ1) is 19.5. The Hall–Kier alpha value is -3.78. The first kappa shape index (κ1) is 31.2. The molecule has 8 nitrogen and oxygen atoms in total. The summed E-state index contributed by atoms with van der Waals surface area (Å²) < 4.78 is 95.1. The first-order valence-electron chi connectivity index (χ1n) is 11.8. The number of amides is 1. The van der Waals surface area contributed by atoms with Gasteiger partial charge in [-0.25, -0.2) is 16.8 Å². The van der Waals surface area contributed by atoms with Gasteiger partial charge in [0.05, 0.1) is 20.5 Å². The highest BCUT2D eigenvalue weighted by molar-refractivity contribution is 7.93. The minimum Gasteiger partial charge on any atom is -0.322 e. The van der Waals surface area contributed by atoms with E-state index in [4.69, 9.17) is 23.2 Å². The zero-order chi connectivity index (χ0) is 30.9. The fourth-order valence-corrected chi connectivity index (χ4v) is 6.48. The number of sulfonamides is 2. The van der Waals surface area contributed by atoms with E-state index >= 15 is 0 Å². The molecular formula is C27H20Cl2F3N3O5S2. The van der Waals surface area contributed by atoms with Gasteiger partial charge in [0.25, 0.3) is 26.0 Å². The predicted molar refractivity (Wildman–Crippen MR) is 155 cm³/mol. The molecule has 0 fully saturated rings. The third-order valence-corrected chi connectivity index (χ3v) is 9.32. The molecule has 0 saturated heterocycles. The topological polar surface area (TPSA) is 121 Å². The standard InChI is InChI=1S/C27H20Cl2F3N3O5S2/c1-16-2-5-19(6-3-16)34-42(39,40)25-14-17(4-12-24(25)29)26(36)33-18-7-10-21(11-8-18)41(37,38)35-20-9-13-23(28)22(15-20)27(30,31)32/h2-15,34-35H,1H3,(H,33,36). The quantitative estimate of drug-likeness (QED) is 0.185. The van der Waals surface area contributed by atoms with Gasteiger partial charge < -0.3 is 5.32 Å². The molecule has 0 radical (unpaired) electrons. The summed E-state index contributed by atoms with van der Waals surface area (Å²) in [5.41, 5.74) is -0.223. The Balaban J connectivity index is 1.49. The average molecular weight is 659 g/mol. The SMILES string of the molecule is Cc1ccc(NS(=O)(=O)c2cc(C(=O)Nc3ccc(S(=O)(=O)Nc4ccc(Cl)c(C(F)(F)F)c4)cc3)ccc2Cl)cc1. The van der Waals surface area contributed by atoms with Crippen molar-refractivity contribution >= 4 is 66.2 Å². The summed E-state index contributed by atoms with van der Waals surface area (Å²) in [4.78, 5) is 12.2. The molecule has 0 saturated carbocycles. The van der Waals surface area contributed by atoms with Gasteiger partial charge in [-0.05, 0) is 79.7 Å². The van der Waals surface area contributed by atoms with Crippen LogP contribution in [-0.4, -0.2) is 22.7 Å². The van der Waals surface area contributed by atoms with Gasteiger partial charge in [0.15, 0.2) is 0 Å². The van der Waals surface area contributed by atoms with Gasteiger partial charge in [0.2, 0.25) is 0 Å². The van der Waals surface area contributed by atoms with Gasteiger partial charge >= 0.3 is 6.18 Å². The van der Waals surface area contributed by atoms with Gasteiger partial charge in [-0.1, -0.05) is 40.9 Å². The van der Waals surface area contributed by atoms with Crippen molar-refractivity contribution in [1.82, 2.24) is 0 Å². The molecule has 15 heteroatoms. The Morgan fingerprint density at radius 2 is 1.24 bits per heavy atom. The van der Waals surface area contributed by atoms with Crippen LogP contribution in [0, 0.1) is 6.92 Å². The number of nitrogens with one attached hydrogen (secondary N) is 3. The molecule has 3 N–H and O–H groups in total. The summed E-state index contributed by atoms with van der Waals surface area (Å²) in [5, 5.41) is 1.82. The summed E-state index contributed by atoms with van der Waals surface area (Å²) >= 11 is 11.7. The highest BCUT2D eigenvalue weighted by Crippen LogP contribution is 2.36. The number of carbonyl (C=O) groups is 1. The number of alkyl halides is 3. The molecule has 4 aromatic rings. The second kappa shape index (κ2) is 11.8. The van der Waals surface area contributed by atoms with Crippen molar-refractivity contribution in [3.63, 3.8) is 0 Å². The molecule has 4 rings (SSSR count). The van der Waals surface area contributed by atoms with E-state index in [1.165, 1.54) is 24.3 Å². The van der Waals surface area contributed by atoms with Crippen LogP contribution in [-0.2, 0) is 26.2 Å². The summed E-state index contributed by atoms with van der Waals surface area (Å²) in [6.07, 6.45) is -4.79. The third-order valence-electron chi connectivity index (χ3n) is 5.73. The van der Waals surface area contributed by atoms with Crippen LogP contribution >= 0.6 is 23.2 Å². The fourth-order valence-electron chi connectivity index (χ4n) is 3.62. The first-order valence-corrected chi connectivity index (χ1v) is 15.5. The van der Waals surface area contributed by atoms with Crippen LogP contribution < -0.4 is 14.8 Å². The molecule has 4 aromatic carbocycles. The molecule has 0 aliphatic carbocycles. The summed E-state index contributed by atoms with van der Waals surface area (Å²) in [6.45, 7) is 1.85. The smallest absolute Gasteiger partial charge is 0.322 e. The number of hydrogen-bond acceptors (Lipinski definition) is 5. The van der Waals surface area contributed by atoms with Crippen molar-refractivity contribution in [2.75, 3.05) is 14.8 Å². The Morgan fingerprint density at radius 1 is 0.690 bits per heavy atom. The zero-order valence-electron chi connectivity index (χ0n) is 21.3. The number of aryl methyl sites for hydroxylation is 1. The zero-order valence-corrected chi connectivity index (χ0v) is 24.5. The van der Waals surface area contributed by atoms with E-state index in [1.807, 2.05) is 6.92 Å². The predicted octanol–water partition coefficient (Wildman–Crippen LogP) is 7.17. The number of benzene rings is 4. The molecule has 0 heterocycles. The Bertz CT molecular complexity index is 1870. The second-order valence-electron chi connectivity index (χ2n) is 8.89. The van der Waals surface area contributed by atoms with Crippen LogP contribution in [0.3, 0.4) is 0 Å². The molecule has 0 aliphatic heterocycles. The lowest BCUT2D eigenvalue weighted by atomic mass is 10.2. The number of anilines is 3. The summed E-state index contributed by atoms with van der Waals surface area (Å²) in [5.74, 6) is -0.715. The molecule has 0 aromatic heterocycles. The normalized spacial score (nSPS) is 12.0. The molecule has 220 valence electrons. The van der Waals surface area contributed by atoms with E-state index in [1.54, 1.807) is 24.3 Å². The summed E-state index contributed by atoms with van der Waals surface area (Å²) in [6, 6.07) is 17.6. The maximum Gasteiger partial charge on any atom is 0.417 e. The maximum absolute atomic E-state index is 13.1. The summed E-state index contributed by atoms with van der Waals surface area (Å²) in [7, 11) is -8.45. The third kappa shape index (κ3) is 7.34. The van der Waals surface area contributed by atoms with Gasteiger partial charge in [0.1, 0.15) is 4.90 Å². The molecule has 0 bridgehead atoms. The molecule has 0 spiro atoms. The minimum absolute atomic E-state index is 0.0507. The van der Waals surface area contributed by atoms with Crippen LogP contribution in [0.25, 0.3) is 0 Å². The van der Waals surface area contributed by atoms with Gasteiger partial charge in [-0.15, -0.1) is 0 Å². The van der Waals surface area contributed by atoms with Crippen LogP contribution in [0.5, 0.6) is 0 Å². The highest BCUT2D eigenvalue weighted by Gasteiger charge is 2.33. The van der Waals surface area contributed by atoms with Crippen molar-refractivity contribution in [2.45, 2.75) is 22.9 Å². The van der Waals surface area contributed by atoms with Crippen LogP contribution in [0.2, 0.25) is 10.0 Å². The van der Waals surface area contributed by atoms with Gasteiger partial charge in [-0.3, -0.25) is 14.2 Å². The van der Waals surface area contributed by atoms with E-state index in [9.17, 15) is 34.8 Å². The highest BCUT2D eigenvalue weighted by atomic mass is 35.5. The molecule has 1 amide bonds. The van der Waals surface area contributed by atoms with Crippen molar-refractivity contribution < 1.29 is 34.8 Å². The Labute approximate surface area is 249 Å². The van der Waals surface area contributed by atoms with Crippen molar-refractivity contribution in [3.8, 4) is 0 Å². The lowest BCUT2D eigenvalue weighted by Gasteiger charge is -2.13. The van der Waals surface area contributed by atoms with Crippen molar-refractivity contribution in [2.24, 2.45) is 0 Å². The molecule has 0 aliphatic rings. The number of rotatable bonds is 8. The van der Waals surface area contributed by atoms with E-state index in [0.29, 0.717) is 11.8 Å². The van der Waals surface area contributed by atoms with Crippen molar-refractivity contribution in [3.05, 3.63) is 112 Å². The number of hydrogen-bond donors (Lipinski definition) is 3. The van der Waals surface area contributed by atoms with E-state index < -0.39 is 42.7 Å². The number of halogens is 5.